The molecular formula is C15H19BrN2O. The van der Waals surface area contributed by atoms with Gasteiger partial charge in [0.25, 0.3) is 0 Å². The normalized spacial score (nSPS) is 25.7. The highest BCUT2D eigenvalue weighted by molar-refractivity contribution is 9.10. The summed E-state index contributed by atoms with van der Waals surface area (Å²) in [6.07, 6.45) is 4.58. The number of halogens is 1. The molecule has 0 saturated heterocycles. The molecule has 2 aliphatic rings. The van der Waals surface area contributed by atoms with Gasteiger partial charge in [-0.15, -0.1) is 0 Å². The zero-order valence-corrected chi connectivity index (χ0v) is 12.4. The molecule has 102 valence electrons. The third-order valence-corrected chi connectivity index (χ3v) is 4.50. The van der Waals surface area contributed by atoms with Crippen molar-refractivity contribution in [3.05, 3.63) is 34.3 Å². The summed E-state index contributed by atoms with van der Waals surface area (Å²) < 4.78 is 1.13. The second-order valence-corrected chi connectivity index (χ2v) is 6.56. The third-order valence-electron chi connectivity index (χ3n) is 3.97. The first-order chi connectivity index (χ1) is 9.20. The van der Waals surface area contributed by atoms with Gasteiger partial charge in [-0.2, -0.15) is 0 Å². The van der Waals surface area contributed by atoms with Crippen LogP contribution in [0.3, 0.4) is 0 Å². The molecule has 3 nitrogen and oxygen atoms in total. The molecule has 0 bridgehead atoms. The molecule has 4 heteroatoms. The van der Waals surface area contributed by atoms with Crippen molar-refractivity contribution < 1.29 is 4.79 Å². The number of rotatable bonds is 5. The topological polar surface area (TPSA) is 41.1 Å². The van der Waals surface area contributed by atoms with Crippen LogP contribution in [-0.4, -0.2) is 24.5 Å². The highest BCUT2D eigenvalue weighted by Gasteiger charge is 2.30. The van der Waals surface area contributed by atoms with Crippen LogP contribution in [0.1, 0.15) is 37.2 Å². The van der Waals surface area contributed by atoms with E-state index >= 15 is 0 Å². The molecule has 19 heavy (non-hydrogen) atoms. The quantitative estimate of drug-likeness (QED) is 0.874. The molecule has 1 aromatic carbocycles. The van der Waals surface area contributed by atoms with Gasteiger partial charge in [0.1, 0.15) is 0 Å². The maximum atomic E-state index is 11.5. The molecule has 0 spiro atoms. The van der Waals surface area contributed by atoms with Crippen LogP contribution in [0.25, 0.3) is 0 Å². The Balaban J connectivity index is 1.37. The van der Waals surface area contributed by atoms with Gasteiger partial charge in [-0.05, 0) is 49.3 Å². The molecule has 2 fully saturated rings. The molecule has 1 amide bonds. The number of carbonyl (C=O) groups excluding carboxylic acids is 1. The summed E-state index contributed by atoms with van der Waals surface area (Å²) in [6, 6.07) is 9.53. The van der Waals surface area contributed by atoms with Crippen LogP contribution in [0, 0.1) is 0 Å². The van der Waals surface area contributed by atoms with Crippen LogP contribution in [0.5, 0.6) is 0 Å². The summed E-state index contributed by atoms with van der Waals surface area (Å²) in [5.74, 6) is 0.798. The lowest BCUT2D eigenvalue weighted by Gasteiger charge is -2.36. The summed E-state index contributed by atoms with van der Waals surface area (Å²) >= 11 is 3.45. The lowest BCUT2D eigenvalue weighted by Crippen LogP contribution is -2.45. The van der Waals surface area contributed by atoms with Crippen LogP contribution in [-0.2, 0) is 4.79 Å². The SMILES string of the molecule is O=C(CNC1CC(c2ccc(Br)cc2)C1)NC1CC1. The van der Waals surface area contributed by atoms with Gasteiger partial charge in [0, 0.05) is 16.6 Å². The minimum absolute atomic E-state index is 0.148. The molecule has 1 aromatic rings. The Morgan fingerprint density at radius 3 is 2.47 bits per heavy atom. The van der Waals surface area contributed by atoms with Crippen LogP contribution < -0.4 is 10.6 Å². The smallest absolute Gasteiger partial charge is 0.234 e. The minimum atomic E-state index is 0.148. The predicted octanol–water partition coefficient (Wildman–Crippen LogP) is 2.56. The van der Waals surface area contributed by atoms with Gasteiger partial charge in [0.05, 0.1) is 6.54 Å². The number of amides is 1. The van der Waals surface area contributed by atoms with Gasteiger partial charge >= 0.3 is 0 Å². The Morgan fingerprint density at radius 2 is 1.84 bits per heavy atom. The van der Waals surface area contributed by atoms with E-state index in [9.17, 15) is 4.79 Å². The molecule has 0 atom stereocenters. The minimum Gasteiger partial charge on any atom is -0.352 e. The first-order valence-electron chi connectivity index (χ1n) is 6.99. The van der Waals surface area contributed by atoms with E-state index < -0.39 is 0 Å². The second kappa shape index (κ2) is 5.63. The lowest BCUT2D eigenvalue weighted by atomic mass is 9.76. The fraction of sp³-hybridized carbons (Fsp3) is 0.533. The summed E-state index contributed by atoms with van der Waals surface area (Å²) in [5.41, 5.74) is 1.41. The fourth-order valence-electron chi connectivity index (χ4n) is 2.54. The summed E-state index contributed by atoms with van der Waals surface area (Å²) in [6.45, 7) is 0.466. The Bertz CT molecular complexity index is 450. The van der Waals surface area contributed by atoms with Crippen molar-refractivity contribution in [2.75, 3.05) is 6.54 Å². The Labute approximate surface area is 122 Å². The molecule has 0 unspecified atom stereocenters. The van der Waals surface area contributed by atoms with Gasteiger partial charge in [-0.1, -0.05) is 28.1 Å². The predicted molar refractivity (Wildman–Crippen MR) is 79.1 cm³/mol. The number of carbonyl (C=O) groups is 1. The Hall–Kier alpha value is -0.870. The van der Waals surface area contributed by atoms with E-state index in [4.69, 9.17) is 0 Å². The monoisotopic (exact) mass is 322 g/mol. The lowest BCUT2D eigenvalue weighted by molar-refractivity contribution is -0.120. The van der Waals surface area contributed by atoms with Gasteiger partial charge in [0.2, 0.25) is 5.91 Å². The van der Waals surface area contributed by atoms with Crippen molar-refractivity contribution in [3.63, 3.8) is 0 Å². The number of hydrogen-bond acceptors (Lipinski definition) is 2. The maximum Gasteiger partial charge on any atom is 0.234 e. The first kappa shape index (κ1) is 13.1. The molecule has 0 aromatic heterocycles. The summed E-state index contributed by atoms with van der Waals surface area (Å²) in [5, 5.41) is 6.34. The Morgan fingerprint density at radius 1 is 1.16 bits per heavy atom. The van der Waals surface area contributed by atoms with Crippen molar-refractivity contribution in [1.29, 1.82) is 0 Å². The first-order valence-corrected chi connectivity index (χ1v) is 7.78. The van der Waals surface area contributed by atoms with Gasteiger partial charge in [-0.3, -0.25) is 4.79 Å². The standard InChI is InChI=1S/C15H19BrN2O/c16-12-3-1-10(2-4-12)11-7-14(8-11)17-9-15(19)18-13-5-6-13/h1-4,11,13-14,17H,5-9H2,(H,18,19). The van der Waals surface area contributed by atoms with Gasteiger partial charge in [0.15, 0.2) is 0 Å². The largest absolute Gasteiger partial charge is 0.352 e. The third kappa shape index (κ3) is 3.57. The van der Waals surface area contributed by atoms with Crippen molar-refractivity contribution >= 4 is 21.8 Å². The highest BCUT2D eigenvalue weighted by Crippen LogP contribution is 2.37. The summed E-state index contributed by atoms with van der Waals surface area (Å²) in [7, 11) is 0. The number of nitrogens with one attached hydrogen (secondary N) is 2. The second-order valence-electron chi connectivity index (χ2n) is 5.64. The summed E-state index contributed by atoms with van der Waals surface area (Å²) in [4.78, 5) is 11.5. The van der Waals surface area contributed by atoms with E-state index in [0.717, 1.165) is 30.2 Å². The van der Waals surface area contributed by atoms with Crippen molar-refractivity contribution in [3.8, 4) is 0 Å². The van der Waals surface area contributed by atoms with Crippen molar-refractivity contribution in [2.45, 2.75) is 43.7 Å². The average molecular weight is 323 g/mol. The van der Waals surface area contributed by atoms with Crippen LogP contribution in [0.15, 0.2) is 28.7 Å². The molecule has 0 radical (unpaired) electrons. The average Bonchev–Trinajstić information content (AvgIpc) is 3.13. The Kier molecular flexibility index (Phi) is 3.89. The molecule has 2 N–H and O–H groups in total. The molecule has 0 heterocycles. The van der Waals surface area contributed by atoms with E-state index in [-0.39, 0.29) is 5.91 Å². The van der Waals surface area contributed by atoms with E-state index in [1.807, 2.05) is 0 Å². The van der Waals surface area contributed by atoms with E-state index in [2.05, 4.69) is 50.8 Å². The van der Waals surface area contributed by atoms with Crippen molar-refractivity contribution in [2.24, 2.45) is 0 Å². The van der Waals surface area contributed by atoms with Gasteiger partial charge in [-0.25, -0.2) is 0 Å². The zero-order chi connectivity index (χ0) is 13.2. The number of hydrogen-bond donors (Lipinski definition) is 2. The van der Waals surface area contributed by atoms with E-state index in [1.165, 1.54) is 5.56 Å². The van der Waals surface area contributed by atoms with E-state index in [1.54, 1.807) is 0 Å². The van der Waals surface area contributed by atoms with Crippen LogP contribution >= 0.6 is 15.9 Å². The molecule has 0 aliphatic heterocycles. The van der Waals surface area contributed by atoms with E-state index in [0.29, 0.717) is 24.5 Å². The number of benzene rings is 1. The van der Waals surface area contributed by atoms with Crippen molar-refractivity contribution in [1.82, 2.24) is 10.6 Å². The molecule has 3 rings (SSSR count). The molecular weight excluding hydrogens is 304 g/mol. The fourth-order valence-corrected chi connectivity index (χ4v) is 2.80. The van der Waals surface area contributed by atoms with Crippen LogP contribution in [0.2, 0.25) is 0 Å². The highest BCUT2D eigenvalue weighted by atomic mass is 79.9. The molecule has 2 saturated carbocycles. The zero-order valence-electron chi connectivity index (χ0n) is 10.9. The van der Waals surface area contributed by atoms with Crippen LogP contribution in [0.4, 0.5) is 0 Å². The molecule has 2 aliphatic carbocycles. The maximum absolute atomic E-state index is 11.5. The van der Waals surface area contributed by atoms with Gasteiger partial charge < -0.3 is 10.6 Å².